The molecule has 2 aromatic carbocycles. The lowest BCUT2D eigenvalue weighted by atomic mass is 10.0. The molecule has 0 spiro atoms. The van der Waals surface area contributed by atoms with Crippen molar-refractivity contribution < 1.29 is 14.4 Å². The fourth-order valence-corrected chi connectivity index (χ4v) is 3.01. The molecule has 0 saturated carbocycles. The Bertz CT molecular complexity index is 827. The Morgan fingerprint density at radius 2 is 1.85 bits per heavy atom. The van der Waals surface area contributed by atoms with Crippen LogP contribution in [0.4, 0.5) is 11.4 Å². The molecular formula is C21H22N2O3. The van der Waals surface area contributed by atoms with E-state index in [1.54, 1.807) is 29.2 Å². The third-order valence-electron chi connectivity index (χ3n) is 4.47. The summed E-state index contributed by atoms with van der Waals surface area (Å²) in [5, 5.41) is 2.81. The fourth-order valence-electron chi connectivity index (χ4n) is 3.01. The van der Waals surface area contributed by atoms with Crippen LogP contribution in [0.2, 0.25) is 0 Å². The van der Waals surface area contributed by atoms with Gasteiger partial charge in [0.1, 0.15) is 0 Å². The summed E-state index contributed by atoms with van der Waals surface area (Å²) in [7, 11) is 0. The highest BCUT2D eigenvalue weighted by Gasteiger charge is 2.21. The van der Waals surface area contributed by atoms with Crippen molar-refractivity contribution in [2.24, 2.45) is 0 Å². The summed E-state index contributed by atoms with van der Waals surface area (Å²) in [5.74, 6) is -0.149. The number of nitrogens with zero attached hydrogens (tertiary/aromatic N) is 1. The molecule has 134 valence electrons. The Morgan fingerprint density at radius 3 is 2.54 bits per heavy atom. The first-order valence-electron chi connectivity index (χ1n) is 8.83. The van der Waals surface area contributed by atoms with Gasteiger partial charge in [-0.2, -0.15) is 0 Å². The van der Waals surface area contributed by atoms with Crippen molar-refractivity contribution in [3.8, 4) is 0 Å². The smallest absolute Gasteiger partial charge is 0.227 e. The zero-order valence-electron chi connectivity index (χ0n) is 14.8. The molecule has 2 amide bonds. The van der Waals surface area contributed by atoms with Crippen LogP contribution in [0.25, 0.3) is 0 Å². The number of nitrogens with one attached hydrogen (secondary N) is 1. The second kappa shape index (κ2) is 7.95. The van der Waals surface area contributed by atoms with Crippen molar-refractivity contribution in [2.75, 3.05) is 16.8 Å². The van der Waals surface area contributed by atoms with Crippen molar-refractivity contribution in [1.29, 1.82) is 0 Å². The minimum absolute atomic E-state index is 0.0448. The molecule has 1 saturated heterocycles. The van der Waals surface area contributed by atoms with Crippen LogP contribution in [0, 0.1) is 6.92 Å². The maximum absolute atomic E-state index is 12.2. The van der Waals surface area contributed by atoms with Crippen LogP contribution in [0.5, 0.6) is 0 Å². The number of hydrogen-bond donors (Lipinski definition) is 1. The van der Waals surface area contributed by atoms with Gasteiger partial charge in [-0.3, -0.25) is 14.4 Å². The first-order chi connectivity index (χ1) is 12.5. The Labute approximate surface area is 153 Å². The number of carbonyl (C=O) groups is 3. The van der Waals surface area contributed by atoms with Crippen molar-refractivity contribution in [3.63, 3.8) is 0 Å². The van der Waals surface area contributed by atoms with E-state index in [0.29, 0.717) is 24.2 Å². The van der Waals surface area contributed by atoms with E-state index in [1.807, 2.05) is 31.2 Å². The maximum atomic E-state index is 12.2. The maximum Gasteiger partial charge on any atom is 0.227 e. The third kappa shape index (κ3) is 4.36. The van der Waals surface area contributed by atoms with Gasteiger partial charge in [0.05, 0.1) is 0 Å². The van der Waals surface area contributed by atoms with Gasteiger partial charge in [0.15, 0.2) is 5.78 Å². The second-order valence-corrected chi connectivity index (χ2v) is 6.54. The standard InChI is InChI=1S/C21H22N2O3/c1-15-7-9-16(10-8-15)19(24)11-12-20(25)22-17-4-2-5-18(14-17)23-13-3-6-21(23)26/h2,4-5,7-10,14H,3,6,11-13H2,1H3,(H,22,25). The predicted octanol–water partition coefficient (Wildman–Crippen LogP) is 3.72. The fraction of sp³-hybridized carbons (Fsp3) is 0.286. The van der Waals surface area contributed by atoms with E-state index < -0.39 is 0 Å². The highest BCUT2D eigenvalue weighted by atomic mass is 16.2. The highest BCUT2D eigenvalue weighted by molar-refractivity contribution is 6.00. The molecule has 0 unspecified atom stereocenters. The normalized spacial score (nSPS) is 13.7. The van der Waals surface area contributed by atoms with E-state index >= 15 is 0 Å². The molecule has 1 aliphatic heterocycles. The predicted molar refractivity (Wildman–Crippen MR) is 101 cm³/mol. The summed E-state index contributed by atoms with van der Waals surface area (Å²) in [6.45, 7) is 2.67. The van der Waals surface area contributed by atoms with Gasteiger partial charge in [0.2, 0.25) is 11.8 Å². The molecule has 3 rings (SSSR count). The lowest BCUT2D eigenvalue weighted by Crippen LogP contribution is -2.23. The number of Topliss-reactive ketones (excluding diaryl/α,β-unsaturated/α-hetero) is 1. The number of carbonyl (C=O) groups excluding carboxylic acids is 3. The number of rotatable bonds is 6. The summed E-state index contributed by atoms with van der Waals surface area (Å²) >= 11 is 0. The summed E-state index contributed by atoms with van der Waals surface area (Å²) in [6, 6.07) is 14.6. The van der Waals surface area contributed by atoms with Gasteiger partial charge in [-0.25, -0.2) is 0 Å². The minimum Gasteiger partial charge on any atom is -0.326 e. The molecule has 0 aromatic heterocycles. The van der Waals surface area contributed by atoms with Gasteiger partial charge < -0.3 is 10.2 Å². The highest BCUT2D eigenvalue weighted by Crippen LogP contribution is 2.24. The molecule has 5 heteroatoms. The summed E-state index contributed by atoms with van der Waals surface area (Å²) in [4.78, 5) is 37.9. The van der Waals surface area contributed by atoms with E-state index in [4.69, 9.17) is 0 Å². The quantitative estimate of drug-likeness (QED) is 0.808. The van der Waals surface area contributed by atoms with Crippen LogP contribution in [-0.4, -0.2) is 24.1 Å². The van der Waals surface area contributed by atoms with Gasteiger partial charge in [0.25, 0.3) is 0 Å². The topological polar surface area (TPSA) is 66.5 Å². The number of anilines is 2. The average Bonchev–Trinajstić information content (AvgIpc) is 3.06. The molecule has 1 fully saturated rings. The monoisotopic (exact) mass is 350 g/mol. The summed E-state index contributed by atoms with van der Waals surface area (Å²) in [5.41, 5.74) is 3.14. The molecule has 5 nitrogen and oxygen atoms in total. The molecule has 0 radical (unpaired) electrons. The largest absolute Gasteiger partial charge is 0.326 e. The van der Waals surface area contributed by atoms with Crippen LogP contribution in [-0.2, 0) is 9.59 Å². The van der Waals surface area contributed by atoms with Crippen molar-refractivity contribution in [3.05, 3.63) is 59.7 Å². The molecule has 2 aromatic rings. The average molecular weight is 350 g/mol. The summed E-state index contributed by atoms with van der Waals surface area (Å²) < 4.78 is 0. The Morgan fingerprint density at radius 1 is 1.08 bits per heavy atom. The minimum atomic E-state index is -0.213. The van der Waals surface area contributed by atoms with Gasteiger partial charge in [0, 0.05) is 42.7 Å². The molecule has 26 heavy (non-hydrogen) atoms. The van der Waals surface area contributed by atoms with E-state index in [1.165, 1.54) is 0 Å². The van der Waals surface area contributed by atoms with Crippen LogP contribution >= 0.6 is 0 Å². The SMILES string of the molecule is Cc1ccc(C(=O)CCC(=O)Nc2cccc(N3CCCC3=O)c2)cc1. The van der Waals surface area contributed by atoms with Gasteiger partial charge >= 0.3 is 0 Å². The summed E-state index contributed by atoms with van der Waals surface area (Å²) in [6.07, 6.45) is 1.72. The number of hydrogen-bond acceptors (Lipinski definition) is 3. The Hall–Kier alpha value is -2.95. The zero-order valence-corrected chi connectivity index (χ0v) is 14.8. The van der Waals surface area contributed by atoms with Crippen LogP contribution in [0.3, 0.4) is 0 Å². The van der Waals surface area contributed by atoms with E-state index in [2.05, 4.69) is 5.32 Å². The molecular weight excluding hydrogens is 328 g/mol. The second-order valence-electron chi connectivity index (χ2n) is 6.54. The molecule has 1 aliphatic rings. The van der Waals surface area contributed by atoms with Crippen molar-refractivity contribution in [2.45, 2.75) is 32.6 Å². The van der Waals surface area contributed by atoms with Crippen LogP contribution in [0.1, 0.15) is 41.6 Å². The Balaban J connectivity index is 1.55. The lowest BCUT2D eigenvalue weighted by Gasteiger charge is -2.16. The number of aryl methyl sites for hydroxylation is 1. The third-order valence-corrected chi connectivity index (χ3v) is 4.47. The molecule has 0 atom stereocenters. The molecule has 0 bridgehead atoms. The first kappa shape index (κ1) is 17.9. The van der Waals surface area contributed by atoms with Crippen LogP contribution in [0.15, 0.2) is 48.5 Å². The zero-order chi connectivity index (χ0) is 18.5. The van der Waals surface area contributed by atoms with Crippen molar-refractivity contribution in [1.82, 2.24) is 0 Å². The lowest BCUT2D eigenvalue weighted by molar-refractivity contribution is -0.117. The van der Waals surface area contributed by atoms with Gasteiger partial charge in [-0.1, -0.05) is 35.9 Å². The number of amides is 2. The van der Waals surface area contributed by atoms with E-state index in [0.717, 1.165) is 17.7 Å². The molecule has 1 heterocycles. The van der Waals surface area contributed by atoms with Gasteiger partial charge in [-0.15, -0.1) is 0 Å². The van der Waals surface area contributed by atoms with E-state index in [9.17, 15) is 14.4 Å². The number of ketones is 1. The van der Waals surface area contributed by atoms with Gasteiger partial charge in [-0.05, 0) is 31.5 Å². The molecule has 1 N–H and O–H groups in total. The number of benzene rings is 2. The van der Waals surface area contributed by atoms with E-state index in [-0.39, 0.29) is 30.4 Å². The van der Waals surface area contributed by atoms with Crippen molar-refractivity contribution >= 4 is 29.0 Å². The Kier molecular flexibility index (Phi) is 5.46. The van der Waals surface area contributed by atoms with Crippen LogP contribution < -0.4 is 10.2 Å². The molecule has 0 aliphatic carbocycles. The first-order valence-corrected chi connectivity index (χ1v) is 8.83.